The second-order valence-corrected chi connectivity index (χ2v) is 7.47. The number of carbonyl (C=O) groups is 3. The molecular formula is C24H25N3O4. The van der Waals surface area contributed by atoms with Crippen LogP contribution in [0.2, 0.25) is 0 Å². The number of esters is 1. The number of hydrogen-bond donors (Lipinski definition) is 2. The van der Waals surface area contributed by atoms with Crippen LogP contribution in [0.25, 0.3) is 10.9 Å². The Hall–Kier alpha value is -3.74. The van der Waals surface area contributed by atoms with Gasteiger partial charge in [0.2, 0.25) is 5.91 Å². The minimum atomic E-state index is -0.636. The molecule has 0 radical (unpaired) electrons. The first-order chi connectivity index (χ1) is 14.7. The summed E-state index contributed by atoms with van der Waals surface area (Å²) in [4.78, 5) is 41.0. The maximum Gasteiger partial charge on any atom is 0.340 e. The highest BCUT2D eigenvalue weighted by atomic mass is 16.5. The lowest BCUT2D eigenvalue weighted by Crippen LogP contribution is -2.35. The van der Waals surface area contributed by atoms with Crippen molar-refractivity contribution in [3.05, 3.63) is 70.4 Å². The van der Waals surface area contributed by atoms with Crippen LogP contribution in [0.15, 0.2) is 42.5 Å². The summed E-state index contributed by atoms with van der Waals surface area (Å²) >= 11 is 0. The molecule has 31 heavy (non-hydrogen) atoms. The van der Waals surface area contributed by atoms with E-state index in [2.05, 4.69) is 15.6 Å². The molecule has 1 aromatic heterocycles. The molecule has 1 heterocycles. The van der Waals surface area contributed by atoms with E-state index < -0.39 is 18.5 Å². The fourth-order valence-corrected chi connectivity index (χ4v) is 3.12. The van der Waals surface area contributed by atoms with Gasteiger partial charge in [-0.15, -0.1) is 0 Å². The predicted molar refractivity (Wildman–Crippen MR) is 119 cm³/mol. The lowest BCUT2D eigenvalue weighted by molar-refractivity contribution is -0.126. The number of rotatable bonds is 6. The molecule has 0 aliphatic rings. The lowest BCUT2D eigenvalue weighted by atomic mass is 10.1. The van der Waals surface area contributed by atoms with Gasteiger partial charge in [0.1, 0.15) is 0 Å². The van der Waals surface area contributed by atoms with Crippen molar-refractivity contribution in [2.24, 2.45) is 0 Å². The van der Waals surface area contributed by atoms with Crippen LogP contribution in [0, 0.1) is 27.7 Å². The number of fused-ring (bicyclic) bond motifs is 1. The van der Waals surface area contributed by atoms with E-state index in [0.717, 1.165) is 27.6 Å². The molecule has 0 saturated heterocycles. The number of aromatic nitrogens is 1. The second-order valence-electron chi connectivity index (χ2n) is 7.47. The van der Waals surface area contributed by atoms with Gasteiger partial charge >= 0.3 is 5.97 Å². The van der Waals surface area contributed by atoms with Gasteiger partial charge in [-0.3, -0.25) is 14.6 Å². The summed E-state index contributed by atoms with van der Waals surface area (Å²) in [5, 5.41) is 6.03. The van der Waals surface area contributed by atoms with Crippen LogP contribution in [0.1, 0.15) is 32.7 Å². The normalized spacial score (nSPS) is 10.6. The zero-order valence-electron chi connectivity index (χ0n) is 18.0. The molecule has 2 aromatic carbocycles. The number of nitrogens with zero attached hydrogens (tertiary/aromatic N) is 1. The van der Waals surface area contributed by atoms with Gasteiger partial charge in [-0.05, 0) is 63.1 Å². The molecule has 0 bridgehead atoms. The summed E-state index contributed by atoms with van der Waals surface area (Å²) in [5.74, 6) is -1.56. The Kier molecular flexibility index (Phi) is 6.65. The molecule has 0 fully saturated rings. The van der Waals surface area contributed by atoms with Gasteiger partial charge in [-0.2, -0.15) is 0 Å². The Morgan fingerprint density at radius 3 is 2.52 bits per heavy atom. The van der Waals surface area contributed by atoms with Gasteiger partial charge in [0.15, 0.2) is 6.61 Å². The van der Waals surface area contributed by atoms with Gasteiger partial charge in [0.05, 0.1) is 23.3 Å². The van der Waals surface area contributed by atoms with Crippen molar-refractivity contribution in [1.29, 1.82) is 0 Å². The first-order valence-corrected chi connectivity index (χ1v) is 9.92. The minimum Gasteiger partial charge on any atom is -0.452 e. The maximum absolute atomic E-state index is 12.4. The molecule has 7 heteroatoms. The Morgan fingerprint density at radius 2 is 1.74 bits per heavy atom. The van der Waals surface area contributed by atoms with E-state index in [1.165, 1.54) is 0 Å². The molecular weight excluding hydrogens is 394 g/mol. The van der Waals surface area contributed by atoms with E-state index in [-0.39, 0.29) is 12.5 Å². The van der Waals surface area contributed by atoms with Gasteiger partial charge in [0, 0.05) is 11.1 Å². The van der Waals surface area contributed by atoms with Gasteiger partial charge in [-0.25, -0.2) is 4.79 Å². The number of pyridine rings is 1. The number of amides is 2. The zero-order chi connectivity index (χ0) is 22.5. The first-order valence-electron chi connectivity index (χ1n) is 9.92. The summed E-state index contributed by atoms with van der Waals surface area (Å²) in [6.45, 7) is 6.83. The molecule has 0 aliphatic heterocycles. The molecule has 2 N–H and O–H groups in total. The van der Waals surface area contributed by atoms with Crippen molar-refractivity contribution >= 4 is 34.4 Å². The number of ether oxygens (including phenoxy) is 1. The van der Waals surface area contributed by atoms with E-state index >= 15 is 0 Å². The first kappa shape index (κ1) is 22.0. The monoisotopic (exact) mass is 419 g/mol. The van der Waals surface area contributed by atoms with Crippen molar-refractivity contribution in [3.63, 3.8) is 0 Å². The highest BCUT2D eigenvalue weighted by Crippen LogP contribution is 2.19. The fraction of sp³-hybridized carbons (Fsp3) is 0.250. The average molecular weight is 419 g/mol. The molecule has 7 nitrogen and oxygen atoms in total. The standard InChI is InChI=1S/C24H25N3O4/c1-14-8-9-21-18(10-14)11-19(17(4)26-21)24(30)31-13-23(29)25-12-22(28)27-20-7-5-6-15(2)16(20)3/h5-11H,12-13H2,1-4H3,(H,25,29)(H,27,28). The molecule has 160 valence electrons. The summed E-state index contributed by atoms with van der Waals surface area (Å²) in [6.07, 6.45) is 0. The van der Waals surface area contributed by atoms with E-state index in [9.17, 15) is 14.4 Å². The van der Waals surface area contributed by atoms with Crippen LogP contribution < -0.4 is 10.6 Å². The minimum absolute atomic E-state index is 0.223. The van der Waals surface area contributed by atoms with Crippen molar-refractivity contribution in [2.45, 2.75) is 27.7 Å². The average Bonchev–Trinajstić information content (AvgIpc) is 2.73. The molecule has 3 aromatic rings. The molecule has 2 amide bonds. The number of carbonyl (C=O) groups excluding carboxylic acids is 3. The summed E-state index contributed by atoms with van der Waals surface area (Å²) in [7, 11) is 0. The Balaban J connectivity index is 1.53. The van der Waals surface area contributed by atoms with Gasteiger partial charge in [-0.1, -0.05) is 23.8 Å². The lowest BCUT2D eigenvalue weighted by Gasteiger charge is -2.11. The molecule has 0 saturated carbocycles. The van der Waals surface area contributed by atoms with Gasteiger partial charge in [0.25, 0.3) is 5.91 Å². The highest BCUT2D eigenvalue weighted by molar-refractivity contribution is 5.97. The fourth-order valence-electron chi connectivity index (χ4n) is 3.12. The smallest absolute Gasteiger partial charge is 0.340 e. The summed E-state index contributed by atoms with van der Waals surface area (Å²) in [6, 6.07) is 13.1. The number of anilines is 1. The van der Waals surface area contributed by atoms with E-state index in [4.69, 9.17) is 4.74 Å². The third-order valence-corrected chi connectivity index (χ3v) is 5.04. The van der Waals surface area contributed by atoms with Crippen molar-refractivity contribution in [2.75, 3.05) is 18.5 Å². The van der Waals surface area contributed by atoms with Crippen LogP contribution in [-0.2, 0) is 14.3 Å². The largest absolute Gasteiger partial charge is 0.452 e. The maximum atomic E-state index is 12.4. The molecule has 0 atom stereocenters. The zero-order valence-corrected chi connectivity index (χ0v) is 18.0. The Morgan fingerprint density at radius 1 is 0.968 bits per heavy atom. The molecule has 3 rings (SSSR count). The van der Waals surface area contributed by atoms with E-state index in [0.29, 0.717) is 16.9 Å². The van der Waals surface area contributed by atoms with Gasteiger partial charge < -0.3 is 15.4 Å². The number of nitrogens with one attached hydrogen (secondary N) is 2. The summed E-state index contributed by atoms with van der Waals surface area (Å²) in [5.41, 5.74) is 5.38. The molecule has 0 aliphatic carbocycles. The van der Waals surface area contributed by atoms with Crippen molar-refractivity contribution in [3.8, 4) is 0 Å². The van der Waals surface area contributed by atoms with Crippen molar-refractivity contribution < 1.29 is 19.1 Å². The topological polar surface area (TPSA) is 97.4 Å². The van der Waals surface area contributed by atoms with Crippen LogP contribution in [0.5, 0.6) is 0 Å². The van der Waals surface area contributed by atoms with Crippen LogP contribution in [0.3, 0.4) is 0 Å². The third-order valence-electron chi connectivity index (χ3n) is 5.04. The molecule has 0 unspecified atom stereocenters. The summed E-state index contributed by atoms with van der Waals surface area (Å²) < 4.78 is 5.11. The SMILES string of the molecule is Cc1ccc2nc(C)c(C(=O)OCC(=O)NCC(=O)Nc3cccc(C)c3C)cc2c1. The van der Waals surface area contributed by atoms with E-state index in [1.54, 1.807) is 19.1 Å². The Bertz CT molecular complexity index is 1170. The van der Waals surface area contributed by atoms with Crippen molar-refractivity contribution in [1.82, 2.24) is 10.3 Å². The van der Waals surface area contributed by atoms with Crippen LogP contribution in [-0.4, -0.2) is 35.9 Å². The van der Waals surface area contributed by atoms with E-state index in [1.807, 2.05) is 51.1 Å². The third kappa shape index (κ3) is 5.45. The number of hydrogen-bond acceptors (Lipinski definition) is 5. The Labute approximate surface area is 180 Å². The predicted octanol–water partition coefficient (Wildman–Crippen LogP) is 3.38. The number of benzene rings is 2. The van der Waals surface area contributed by atoms with Crippen LogP contribution in [0.4, 0.5) is 5.69 Å². The van der Waals surface area contributed by atoms with Crippen LogP contribution >= 0.6 is 0 Å². The molecule has 0 spiro atoms. The number of aryl methyl sites for hydroxylation is 3. The second kappa shape index (κ2) is 9.38. The quantitative estimate of drug-likeness (QED) is 0.597. The highest BCUT2D eigenvalue weighted by Gasteiger charge is 2.15.